The number of benzene rings is 1. The van der Waals surface area contributed by atoms with Crippen molar-refractivity contribution < 1.29 is 0 Å². The number of hydrogen-bond donors (Lipinski definition) is 1. The highest BCUT2D eigenvalue weighted by atomic mass is 35.5. The Labute approximate surface area is 112 Å². The van der Waals surface area contributed by atoms with E-state index in [1.54, 1.807) is 6.20 Å². The molecule has 0 saturated carbocycles. The van der Waals surface area contributed by atoms with Crippen LogP contribution in [-0.4, -0.2) is 9.97 Å². The van der Waals surface area contributed by atoms with Gasteiger partial charge in [0.1, 0.15) is 0 Å². The number of nitrogens with two attached hydrogens (primary N) is 1. The third kappa shape index (κ3) is 2.62. The number of nitrogen functional groups attached to an aromatic ring is 1. The van der Waals surface area contributed by atoms with Crippen molar-refractivity contribution in [3.63, 3.8) is 0 Å². The van der Waals surface area contributed by atoms with Gasteiger partial charge in [0.15, 0.2) is 0 Å². The molecule has 1 heterocycles. The van der Waals surface area contributed by atoms with Crippen molar-refractivity contribution in [1.82, 2.24) is 9.97 Å². The summed E-state index contributed by atoms with van der Waals surface area (Å²) in [5.41, 5.74) is 8.46. The van der Waals surface area contributed by atoms with Crippen molar-refractivity contribution in [1.29, 1.82) is 0 Å². The summed E-state index contributed by atoms with van der Waals surface area (Å²) in [6, 6.07) is 7.78. The average molecular weight is 262 g/mol. The fraction of sp³-hybridized carbons (Fsp3) is 0.286. The first-order chi connectivity index (χ1) is 8.38. The summed E-state index contributed by atoms with van der Waals surface area (Å²) < 4.78 is 0. The quantitative estimate of drug-likeness (QED) is 0.852. The van der Waals surface area contributed by atoms with Crippen LogP contribution < -0.4 is 5.73 Å². The summed E-state index contributed by atoms with van der Waals surface area (Å²) in [6.45, 7) is 6.41. The topological polar surface area (TPSA) is 51.8 Å². The number of hydrogen-bond acceptors (Lipinski definition) is 3. The molecule has 0 aliphatic heterocycles. The molecule has 2 rings (SSSR count). The molecule has 1 aromatic carbocycles. The Morgan fingerprint density at radius 2 is 1.89 bits per heavy atom. The molecule has 0 amide bonds. The van der Waals surface area contributed by atoms with E-state index >= 15 is 0 Å². The van der Waals surface area contributed by atoms with Crippen LogP contribution in [-0.2, 0) is 5.41 Å². The van der Waals surface area contributed by atoms with Crippen LogP contribution in [0.5, 0.6) is 0 Å². The lowest BCUT2D eigenvalue weighted by Crippen LogP contribution is -2.11. The normalized spacial score (nSPS) is 11.6. The smallest absolute Gasteiger partial charge is 0.220 e. The summed E-state index contributed by atoms with van der Waals surface area (Å²) in [5, 5.41) is 0.747. The van der Waals surface area contributed by atoms with E-state index in [1.165, 1.54) is 0 Å². The Morgan fingerprint density at radius 3 is 2.44 bits per heavy atom. The van der Waals surface area contributed by atoms with Crippen LogP contribution >= 0.6 is 11.6 Å². The molecule has 0 saturated heterocycles. The van der Waals surface area contributed by atoms with Crippen molar-refractivity contribution >= 4 is 17.5 Å². The minimum Gasteiger partial charge on any atom is -0.368 e. The number of anilines is 1. The number of aromatic nitrogens is 2. The fourth-order valence-electron chi connectivity index (χ4n) is 1.82. The van der Waals surface area contributed by atoms with Crippen LogP contribution in [0.2, 0.25) is 5.02 Å². The maximum absolute atomic E-state index is 6.33. The summed E-state index contributed by atoms with van der Waals surface area (Å²) in [6.07, 6.45) is 1.64. The van der Waals surface area contributed by atoms with Crippen LogP contribution in [0.4, 0.5) is 5.95 Å². The lowest BCUT2D eigenvalue weighted by molar-refractivity contribution is 0.590. The zero-order valence-corrected chi connectivity index (χ0v) is 11.5. The van der Waals surface area contributed by atoms with Gasteiger partial charge in [-0.1, -0.05) is 44.5 Å². The average Bonchev–Trinajstić information content (AvgIpc) is 2.27. The highest BCUT2D eigenvalue weighted by Gasteiger charge is 2.17. The van der Waals surface area contributed by atoms with Crippen LogP contribution in [0.1, 0.15) is 26.3 Å². The van der Waals surface area contributed by atoms with Gasteiger partial charge < -0.3 is 5.73 Å². The van der Waals surface area contributed by atoms with E-state index in [-0.39, 0.29) is 11.4 Å². The van der Waals surface area contributed by atoms with Crippen molar-refractivity contribution in [2.24, 2.45) is 0 Å². The number of halogens is 1. The zero-order valence-electron chi connectivity index (χ0n) is 10.7. The predicted octanol–water partition coefficient (Wildman–Crippen LogP) is 3.68. The van der Waals surface area contributed by atoms with Gasteiger partial charge in [-0.05, 0) is 23.1 Å². The van der Waals surface area contributed by atoms with Gasteiger partial charge in [0.2, 0.25) is 5.95 Å². The number of nitrogens with zero attached hydrogens (tertiary/aromatic N) is 2. The first-order valence-electron chi connectivity index (χ1n) is 5.77. The molecule has 0 atom stereocenters. The molecule has 2 N–H and O–H groups in total. The minimum absolute atomic E-state index is 0.0281. The molecule has 0 spiro atoms. The van der Waals surface area contributed by atoms with Gasteiger partial charge in [-0.25, -0.2) is 9.97 Å². The molecule has 0 radical (unpaired) electrons. The molecular weight excluding hydrogens is 246 g/mol. The summed E-state index contributed by atoms with van der Waals surface area (Å²) >= 11 is 6.33. The van der Waals surface area contributed by atoms with Gasteiger partial charge in [0.25, 0.3) is 0 Å². The molecular formula is C14H16ClN3. The second kappa shape index (κ2) is 4.58. The van der Waals surface area contributed by atoms with E-state index in [9.17, 15) is 0 Å². The van der Waals surface area contributed by atoms with Gasteiger partial charge in [-0.15, -0.1) is 0 Å². The molecule has 0 unspecified atom stereocenters. The van der Waals surface area contributed by atoms with E-state index < -0.39 is 0 Å². The van der Waals surface area contributed by atoms with Gasteiger partial charge >= 0.3 is 0 Å². The van der Waals surface area contributed by atoms with Gasteiger partial charge in [0.05, 0.1) is 5.69 Å². The monoisotopic (exact) mass is 261 g/mol. The maximum atomic E-state index is 6.33. The summed E-state index contributed by atoms with van der Waals surface area (Å²) in [4.78, 5) is 8.06. The Bertz CT molecular complexity index is 573. The molecule has 0 aliphatic rings. The van der Waals surface area contributed by atoms with E-state index in [0.717, 1.165) is 21.8 Å². The summed E-state index contributed by atoms with van der Waals surface area (Å²) in [7, 11) is 0. The lowest BCUT2D eigenvalue weighted by atomic mass is 9.86. The largest absolute Gasteiger partial charge is 0.368 e. The molecule has 4 heteroatoms. The molecule has 18 heavy (non-hydrogen) atoms. The van der Waals surface area contributed by atoms with E-state index in [1.807, 2.05) is 24.3 Å². The molecule has 0 bridgehead atoms. The van der Waals surface area contributed by atoms with Crippen molar-refractivity contribution in [3.8, 4) is 11.3 Å². The van der Waals surface area contributed by atoms with Crippen LogP contribution in [0.25, 0.3) is 11.3 Å². The molecule has 2 aromatic rings. The second-order valence-electron chi connectivity index (χ2n) is 5.24. The molecule has 0 fully saturated rings. The third-order valence-corrected chi connectivity index (χ3v) is 3.06. The highest BCUT2D eigenvalue weighted by Crippen LogP contribution is 2.32. The van der Waals surface area contributed by atoms with Gasteiger partial charge in [0, 0.05) is 16.8 Å². The summed E-state index contributed by atoms with van der Waals surface area (Å²) in [5.74, 6) is 0.267. The predicted molar refractivity (Wildman–Crippen MR) is 75.6 cm³/mol. The van der Waals surface area contributed by atoms with Crippen molar-refractivity contribution in [2.75, 3.05) is 5.73 Å². The maximum Gasteiger partial charge on any atom is 0.220 e. The minimum atomic E-state index is 0.0281. The molecule has 3 nitrogen and oxygen atoms in total. The van der Waals surface area contributed by atoms with Gasteiger partial charge in [-0.2, -0.15) is 0 Å². The third-order valence-electron chi connectivity index (χ3n) is 2.75. The van der Waals surface area contributed by atoms with Crippen LogP contribution in [0.15, 0.2) is 30.5 Å². The van der Waals surface area contributed by atoms with E-state index in [2.05, 4.69) is 30.7 Å². The Balaban J connectivity index is 2.47. The van der Waals surface area contributed by atoms with Gasteiger partial charge in [-0.3, -0.25) is 0 Å². The fourth-order valence-corrected chi connectivity index (χ4v) is 2.28. The van der Waals surface area contributed by atoms with Crippen molar-refractivity contribution in [2.45, 2.75) is 26.2 Å². The number of rotatable bonds is 1. The van der Waals surface area contributed by atoms with E-state index in [4.69, 9.17) is 17.3 Å². The Hall–Kier alpha value is -1.61. The van der Waals surface area contributed by atoms with Crippen LogP contribution in [0.3, 0.4) is 0 Å². The molecule has 94 valence electrons. The first-order valence-corrected chi connectivity index (χ1v) is 6.14. The molecule has 1 aromatic heterocycles. The standard InChI is InChI=1S/C14H16ClN3/c1-14(2,3)10-5-4-9(8-11(10)15)12-6-7-17-13(16)18-12/h4-8H,1-3H3,(H2,16,17,18). The van der Waals surface area contributed by atoms with Crippen molar-refractivity contribution in [3.05, 3.63) is 41.0 Å². The van der Waals surface area contributed by atoms with E-state index in [0.29, 0.717) is 0 Å². The first kappa shape index (κ1) is 12.8. The Kier molecular flexibility index (Phi) is 3.26. The Morgan fingerprint density at radius 1 is 1.17 bits per heavy atom. The second-order valence-corrected chi connectivity index (χ2v) is 5.65. The van der Waals surface area contributed by atoms with Crippen LogP contribution in [0, 0.1) is 0 Å². The lowest BCUT2D eigenvalue weighted by Gasteiger charge is -2.21. The highest BCUT2D eigenvalue weighted by molar-refractivity contribution is 6.31. The zero-order chi connectivity index (χ0) is 13.3. The molecule has 0 aliphatic carbocycles. The SMILES string of the molecule is CC(C)(C)c1ccc(-c2ccnc(N)n2)cc1Cl.